The molecule has 0 atom stereocenters. The van der Waals surface area contributed by atoms with Crippen LogP contribution in [-0.4, -0.2) is 21.6 Å². The lowest BCUT2D eigenvalue weighted by Gasteiger charge is -1.96. The SMILES string of the molecule is Cc1nc[nH]c1CSCCCl. The van der Waals surface area contributed by atoms with E-state index in [4.69, 9.17) is 11.6 Å². The van der Waals surface area contributed by atoms with Crippen molar-refractivity contribution >= 4 is 23.4 Å². The molecule has 0 unspecified atom stereocenters. The standard InChI is InChI=1S/C7H11ClN2S/c1-6-7(10-5-9-6)4-11-3-2-8/h5H,2-4H2,1H3,(H,9,10). The minimum absolute atomic E-state index is 0.720. The lowest BCUT2D eigenvalue weighted by atomic mass is 10.4. The Labute approximate surface area is 75.7 Å². The average Bonchev–Trinajstić information content (AvgIpc) is 2.37. The van der Waals surface area contributed by atoms with E-state index in [1.807, 2.05) is 18.7 Å². The van der Waals surface area contributed by atoms with E-state index in [0.29, 0.717) is 0 Å². The summed E-state index contributed by atoms with van der Waals surface area (Å²) in [6.07, 6.45) is 1.73. The molecular weight excluding hydrogens is 180 g/mol. The van der Waals surface area contributed by atoms with Crippen LogP contribution in [0.3, 0.4) is 0 Å². The van der Waals surface area contributed by atoms with Crippen molar-refractivity contribution in [1.29, 1.82) is 0 Å². The van der Waals surface area contributed by atoms with Gasteiger partial charge in [0.2, 0.25) is 0 Å². The molecule has 0 amide bonds. The first-order valence-corrected chi connectivity index (χ1v) is 5.16. The summed E-state index contributed by atoms with van der Waals surface area (Å²) in [6, 6.07) is 0. The molecule has 0 spiro atoms. The fraction of sp³-hybridized carbons (Fsp3) is 0.571. The number of alkyl halides is 1. The first-order valence-electron chi connectivity index (χ1n) is 3.47. The van der Waals surface area contributed by atoms with Crippen molar-refractivity contribution in [2.75, 3.05) is 11.6 Å². The summed E-state index contributed by atoms with van der Waals surface area (Å²) in [4.78, 5) is 7.18. The van der Waals surface area contributed by atoms with Crippen molar-refractivity contribution in [3.63, 3.8) is 0 Å². The molecule has 0 saturated carbocycles. The first kappa shape index (κ1) is 8.94. The summed E-state index contributed by atoms with van der Waals surface area (Å²) in [6.45, 7) is 2.01. The highest BCUT2D eigenvalue weighted by atomic mass is 35.5. The third-order valence-corrected chi connectivity index (χ3v) is 2.80. The van der Waals surface area contributed by atoms with Crippen LogP contribution in [0.5, 0.6) is 0 Å². The third-order valence-electron chi connectivity index (χ3n) is 1.40. The van der Waals surface area contributed by atoms with E-state index in [2.05, 4.69) is 9.97 Å². The summed E-state index contributed by atoms with van der Waals surface area (Å²) in [5, 5.41) is 0. The minimum Gasteiger partial charge on any atom is -0.348 e. The van der Waals surface area contributed by atoms with E-state index >= 15 is 0 Å². The van der Waals surface area contributed by atoms with Crippen LogP contribution in [0.25, 0.3) is 0 Å². The van der Waals surface area contributed by atoms with Crippen molar-refractivity contribution in [3.05, 3.63) is 17.7 Å². The van der Waals surface area contributed by atoms with Crippen molar-refractivity contribution in [2.45, 2.75) is 12.7 Å². The van der Waals surface area contributed by atoms with Crippen LogP contribution in [0.4, 0.5) is 0 Å². The highest BCUT2D eigenvalue weighted by molar-refractivity contribution is 7.98. The predicted octanol–water partition coefficient (Wildman–Crippen LogP) is 2.19. The second-order valence-corrected chi connectivity index (χ2v) is 3.69. The van der Waals surface area contributed by atoms with E-state index in [9.17, 15) is 0 Å². The molecule has 1 heterocycles. The smallest absolute Gasteiger partial charge is 0.0925 e. The van der Waals surface area contributed by atoms with Crippen LogP contribution in [0.2, 0.25) is 0 Å². The Morgan fingerprint density at radius 3 is 3.09 bits per heavy atom. The van der Waals surface area contributed by atoms with Gasteiger partial charge in [-0.3, -0.25) is 0 Å². The zero-order valence-corrected chi connectivity index (χ0v) is 8.00. The molecule has 0 radical (unpaired) electrons. The van der Waals surface area contributed by atoms with Crippen molar-refractivity contribution in [2.24, 2.45) is 0 Å². The number of rotatable bonds is 4. The van der Waals surface area contributed by atoms with Gasteiger partial charge >= 0.3 is 0 Å². The zero-order chi connectivity index (χ0) is 8.10. The molecule has 0 bridgehead atoms. The predicted molar refractivity (Wildman–Crippen MR) is 50.2 cm³/mol. The molecule has 2 nitrogen and oxygen atoms in total. The first-order chi connectivity index (χ1) is 5.34. The molecule has 1 rings (SSSR count). The normalized spacial score (nSPS) is 10.4. The highest BCUT2D eigenvalue weighted by Crippen LogP contribution is 2.12. The maximum Gasteiger partial charge on any atom is 0.0925 e. The monoisotopic (exact) mass is 190 g/mol. The number of hydrogen-bond donors (Lipinski definition) is 1. The Morgan fingerprint density at radius 2 is 2.55 bits per heavy atom. The van der Waals surface area contributed by atoms with Crippen LogP contribution < -0.4 is 0 Å². The molecule has 0 aliphatic carbocycles. The number of nitrogens with one attached hydrogen (secondary N) is 1. The average molecular weight is 191 g/mol. The Bertz CT molecular complexity index is 212. The molecule has 4 heteroatoms. The Kier molecular flexibility index (Phi) is 3.80. The van der Waals surface area contributed by atoms with Gasteiger partial charge in [0.05, 0.1) is 12.0 Å². The molecule has 0 saturated heterocycles. The van der Waals surface area contributed by atoms with Crippen LogP contribution in [-0.2, 0) is 5.75 Å². The van der Waals surface area contributed by atoms with Gasteiger partial charge in [-0.05, 0) is 6.92 Å². The van der Waals surface area contributed by atoms with Gasteiger partial charge in [-0.25, -0.2) is 4.98 Å². The van der Waals surface area contributed by atoms with E-state index in [1.54, 1.807) is 6.33 Å². The van der Waals surface area contributed by atoms with E-state index < -0.39 is 0 Å². The Hall–Kier alpha value is -0.150. The van der Waals surface area contributed by atoms with Crippen molar-refractivity contribution in [1.82, 2.24) is 9.97 Å². The Morgan fingerprint density at radius 1 is 1.73 bits per heavy atom. The number of nitrogens with zero attached hydrogens (tertiary/aromatic N) is 1. The molecule has 0 fully saturated rings. The number of halogens is 1. The molecule has 1 aromatic rings. The highest BCUT2D eigenvalue weighted by Gasteiger charge is 1.98. The quantitative estimate of drug-likeness (QED) is 0.583. The van der Waals surface area contributed by atoms with Crippen LogP contribution in [0, 0.1) is 6.92 Å². The van der Waals surface area contributed by atoms with Gasteiger partial charge in [0.15, 0.2) is 0 Å². The molecule has 11 heavy (non-hydrogen) atoms. The van der Waals surface area contributed by atoms with Gasteiger partial charge in [0.1, 0.15) is 0 Å². The fourth-order valence-corrected chi connectivity index (χ4v) is 1.84. The number of aromatic nitrogens is 2. The van der Waals surface area contributed by atoms with Crippen LogP contribution in [0.1, 0.15) is 11.4 Å². The van der Waals surface area contributed by atoms with Crippen LogP contribution >= 0.6 is 23.4 Å². The molecular formula is C7H11ClN2S. The summed E-state index contributed by atoms with van der Waals surface area (Å²) in [5.41, 5.74) is 2.30. The van der Waals surface area contributed by atoms with Gasteiger partial charge in [-0.2, -0.15) is 11.8 Å². The second kappa shape index (κ2) is 4.67. The van der Waals surface area contributed by atoms with Gasteiger partial charge in [0, 0.05) is 23.1 Å². The lowest BCUT2D eigenvalue weighted by Crippen LogP contribution is -1.86. The number of aromatic amines is 1. The number of imidazole rings is 1. The van der Waals surface area contributed by atoms with Gasteiger partial charge in [-0.15, -0.1) is 11.6 Å². The van der Waals surface area contributed by atoms with Gasteiger partial charge in [-0.1, -0.05) is 0 Å². The second-order valence-electron chi connectivity index (χ2n) is 2.21. The van der Waals surface area contributed by atoms with Crippen LogP contribution in [0.15, 0.2) is 6.33 Å². The van der Waals surface area contributed by atoms with Gasteiger partial charge < -0.3 is 4.98 Å². The van der Waals surface area contributed by atoms with E-state index in [0.717, 1.165) is 23.1 Å². The molecule has 1 N–H and O–H groups in total. The maximum absolute atomic E-state index is 5.53. The number of aryl methyl sites for hydroxylation is 1. The maximum atomic E-state index is 5.53. The summed E-state index contributed by atoms with van der Waals surface area (Å²) in [7, 11) is 0. The molecule has 62 valence electrons. The number of hydrogen-bond acceptors (Lipinski definition) is 2. The summed E-state index contributed by atoms with van der Waals surface area (Å²) in [5.74, 6) is 2.70. The van der Waals surface area contributed by atoms with E-state index in [-0.39, 0.29) is 0 Å². The molecule has 1 aromatic heterocycles. The van der Waals surface area contributed by atoms with Crippen molar-refractivity contribution < 1.29 is 0 Å². The zero-order valence-electron chi connectivity index (χ0n) is 6.43. The van der Waals surface area contributed by atoms with Crippen molar-refractivity contribution in [3.8, 4) is 0 Å². The summed E-state index contributed by atoms with van der Waals surface area (Å²) >= 11 is 7.36. The number of H-pyrrole nitrogens is 1. The summed E-state index contributed by atoms with van der Waals surface area (Å²) < 4.78 is 0. The number of thioether (sulfide) groups is 1. The largest absolute Gasteiger partial charge is 0.348 e. The van der Waals surface area contributed by atoms with E-state index in [1.165, 1.54) is 5.69 Å². The lowest BCUT2D eigenvalue weighted by molar-refractivity contribution is 1.19. The Balaban J connectivity index is 2.32. The molecule has 0 aromatic carbocycles. The van der Waals surface area contributed by atoms with Gasteiger partial charge in [0.25, 0.3) is 0 Å². The topological polar surface area (TPSA) is 28.7 Å². The minimum atomic E-state index is 0.720. The third kappa shape index (κ3) is 2.75. The fourth-order valence-electron chi connectivity index (χ4n) is 0.764. The molecule has 0 aliphatic rings. The molecule has 0 aliphatic heterocycles.